The molecule has 0 aliphatic carbocycles. The second-order valence-corrected chi connectivity index (χ2v) is 6.90. The SMILES string of the molecule is O=C(N[C@@H]1C[C@H]2CCN(C2)C1)c1ccc(Oc2cccc(F)c2)cc1. The third kappa shape index (κ3) is 3.82. The average molecular weight is 340 g/mol. The molecule has 0 spiro atoms. The first-order valence-corrected chi connectivity index (χ1v) is 8.72. The molecular weight excluding hydrogens is 319 g/mol. The van der Waals surface area contributed by atoms with Gasteiger partial charge < -0.3 is 15.0 Å². The lowest BCUT2D eigenvalue weighted by Crippen LogP contribution is -2.46. The van der Waals surface area contributed by atoms with Crippen LogP contribution in [-0.2, 0) is 0 Å². The molecule has 0 aromatic heterocycles. The van der Waals surface area contributed by atoms with Gasteiger partial charge in [-0.3, -0.25) is 4.79 Å². The van der Waals surface area contributed by atoms with Crippen LogP contribution >= 0.6 is 0 Å². The number of nitrogens with zero attached hydrogens (tertiary/aromatic N) is 1. The number of nitrogens with one attached hydrogen (secondary N) is 1. The van der Waals surface area contributed by atoms with Crippen LogP contribution in [0.5, 0.6) is 11.5 Å². The number of piperidine rings is 1. The number of benzene rings is 2. The van der Waals surface area contributed by atoms with Crippen molar-refractivity contribution in [3.05, 3.63) is 59.9 Å². The number of carbonyl (C=O) groups excluding carboxylic acids is 1. The maximum atomic E-state index is 13.2. The van der Waals surface area contributed by atoms with E-state index in [-0.39, 0.29) is 17.8 Å². The van der Waals surface area contributed by atoms with Gasteiger partial charge >= 0.3 is 0 Å². The maximum absolute atomic E-state index is 13.2. The van der Waals surface area contributed by atoms with Crippen LogP contribution in [0.25, 0.3) is 0 Å². The Morgan fingerprint density at radius 3 is 2.72 bits per heavy atom. The third-order valence-electron chi connectivity index (χ3n) is 4.95. The zero-order valence-electron chi connectivity index (χ0n) is 14.0. The Morgan fingerprint density at radius 2 is 1.96 bits per heavy atom. The molecule has 2 heterocycles. The van der Waals surface area contributed by atoms with Gasteiger partial charge in [-0.15, -0.1) is 0 Å². The van der Waals surface area contributed by atoms with Gasteiger partial charge in [-0.1, -0.05) is 6.07 Å². The molecule has 4 nitrogen and oxygen atoms in total. The predicted octanol–water partition coefficient (Wildman–Crippen LogP) is 3.44. The van der Waals surface area contributed by atoms with Gasteiger partial charge in [-0.2, -0.15) is 0 Å². The van der Waals surface area contributed by atoms with Crippen LogP contribution in [0.3, 0.4) is 0 Å². The molecule has 0 saturated carbocycles. The fraction of sp³-hybridized carbons (Fsp3) is 0.350. The van der Waals surface area contributed by atoms with Crippen LogP contribution in [0.2, 0.25) is 0 Å². The highest BCUT2D eigenvalue weighted by Gasteiger charge is 2.32. The van der Waals surface area contributed by atoms with Crippen LogP contribution in [0.4, 0.5) is 4.39 Å². The topological polar surface area (TPSA) is 41.6 Å². The number of hydrogen-bond acceptors (Lipinski definition) is 3. The van der Waals surface area contributed by atoms with Crippen molar-refractivity contribution in [2.24, 2.45) is 5.92 Å². The minimum Gasteiger partial charge on any atom is -0.457 e. The highest BCUT2D eigenvalue weighted by molar-refractivity contribution is 5.94. The Bertz CT molecular complexity index is 751. The molecule has 4 rings (SSSR count). The van der Waals surface area contributed by atoms with Gasteiger partial charge in [-0.25, -0.2) is 4.39 Å². The van der Waals surface area contributed by atoms with E-state index >= 15 is 0 Å². The zero-order chi connectivity index (χ0) is 17.2. The summed E-state index contributed by atoms with van der Waals surface area (Å²) in [7, 11) is 0. The molecule has 1 amide bonds. The van der Waals surface area contributed by atoms with Gasteiger partial charge in [0.05, 0.1) is 0 Å². The molecule has 2 aromatic carbocycles. The third-order valence-corrected chi connectivity index (χ3v) is 4.95. The molecule has 2 bridgehead atoms. The minimum absolute atomic E-state index is 0.0511. The summed E-state index contributed by atoms with van der Waals surface area (Å²) >= 11 is 0. The first-order valence-electron chi connectivity index (χ1n) is 8.72. The van der Waals surface area contributed by atoms with Crippen molar-refractivity contribution in [1.29, 1.82) is 0 Å². The standard InChI is InChI=1S/C20H21FN2O2/c21-16-2-1-3-19(11-16)25-18-6-4-15(5-7-18)20(24)22-17-10-14-8-9-23(12-14)13-17/h1-7,11,14,17H,8-10,12-13H2,(H,22,24)/t14-,17-/m1/s1. The van der Waals surface area contributed by atoms with Gasteiger partial charge in [0.25, 0.3) is 5.91 Å². The van der Waals surface area contributed by atoms with Crippen LogP contribution in [-0.4, -0.2) is 36.5 Å². The molecule has 2 fully saturated rings. The quantitative estimate of drug-likeness (QED) is 0.927. The number of rotatable bonds is 4. The second kappa shape index (κ2) is 6.84. The predicted molar refractivity (Wildman–Crippen MR) is 93.3 cm³/mol. The Labute approximate surface area is 146 Å². The highest BCUT2D eigenvalue weighted by Crippen LogP contribution is 2.27. The fourth-order valence-corrected chi connectivity index (χ4v) is 3.77. The smallest absolute Gasteiger partial charge is 0.251 e. The normalized spacial score (nSPS) is 24.8. The van der Waals surface area contributed by atoms with Crippen molar-refractivity contribution < 1.29 is 13.9 Å². The van der Waals surface area contributed by atoms with Gasteiger partial charge in [-0.05, 0) is 61.7 Å². The summed E-state index contributed by atoms with van der Waals surface area (Å²) in [4.78, 5) is 14.9. The maximum Gasteiger partial charge on any atom is 0.251 e. The molecule has 5 heteroatoms. The van der Waals surface area contributed by atoms with E-state index in [1.54, 1.807) is 36.4 Å². The van der Waals surface area contributed by atoms with Crippen molar-refractivity contribution in [1.82, 2.24) is 10.2 Å². The summed E-state index contributed by atoms with van der Waals surface area (Å²) in [6.07, 6.45) is 2.32. The van der Waals surface area contributed by atoms with E-state index in [1.807, 2.05) is 0 Å². The molecule has 2 aliphatic heterocycles. The fourth-order valence-electron chi connectivity index (χ4n) is 3.77. The number of ether oxygens (including phenoxy) is 1. The first kappa shape index (κ1) is 16.1. The number of fused-ring (bicyclic) bond motifs is 2. The average Bonchev–Trinajstić information content (AvgIpc) is 2.94. The van der Waals surface area contributed by atoms with Crippen molar-refractivity contribution in [3.8, 4) is 11.5 Å². The molecule has 1 unspecified atom stereocenters. The molecular formula is C20H21FN2O2. The van der Waals surface area contributed by atoms with E-state index in [9.17, 15) is 9.18 Å². The minimum atomic E-state index is -0.342. The van der Waals surface area contributed by atoms with E-state index in [2.05, 4.69) is 10.2 Å². The molecule has 25 heavy (non-hydrogen) atoms. The van der Waals surface area contributed by atoms with E-state index in [4.69, 9.17) is 4.74 Å². The van der Waals surface area contributed by atoms with Crippen LogP contribution in [0.15, 0.2) is 48.5 Å². The van der Waals surface area contributed by atoms with E-state index in [0.29, 0.717) is 17.1 Å². The van der Waals surface area contributed by atoms with Crippen molar-refractivity contribution in [2.75, 3.05) is 19.6 Å². The van der Waals surface area contributed by atoms with Gasteiger partial charge in [0.1, 0.15) is 17.3 Å². The lowest BCUT2D eigenvalue weighted by molar-refractivity contribution is 0.0909. The number of hydrogen-bond donors (Lipinski definition) is 1. The number of carbonyl (C=O) groups is 1. The molecule has 2 aliphatic rings. The van der Waals surface area contributed by atoms with Crippen molar-refractivity contribution >= 4 is 5.91 Å². The van der Waals surface area contributed by atoms with Crippen LogP contribution in [0.1, 0.15) is 23.2 Å². The summed E-state index contributed by atoms with van der Waals surface area (Å²) in [5.41, 5.74) is 0.611. The molecule has 1 N–H and O–H groups in total. The summed E-state index contributed by atoms with van der Waals surface area (Å²) in [6, 6.07) is 13.2. The first-order chi connectivity index (χ1) is 12.2. The summed E-state index contributed by atoms with van der Waals surface area (Å²) in [5.74, 6) is 1.34. The van der Waals surface area contributed by atoms with Gasteiger partial charge in [0, 0.05) is 30.8 Å². The molecule has 2 aromatic rings. The molecule has 130 valence electrons. The van der Waals surface area contributed by atoms with Gasteiger partial charge in [0.2, 0.25) is 0 Å². The van der Waals surface area contributed by atoms with Crippen LogP contribution in [0, 0.1) is 11.7 Å². The molecule has 2 saturated heterocycles. The lowest BCUT2D eigenvalue weighted by atomic mass is 9.96. The molecule has 0 radical (unpaired) electrons. The van der Waals surface area contributed by atoms with E-state index in [0.717, 1.165) is 25.4 Å². The van der Waals surface area contributed by atoms with Gasteiger partial charge in [0.15, 0.2) is 0 Å². The highest BCUT2D eigenvalue weighted by atomic mass is 19.1. The summed E-state index contributed by atoms with van der Waals surface area (Å²) < 4.78 is 18.8. The summed E-state index contributed by atoms with van der Waals surface area (Å²) in [6.45, 7) is 3.28. The monoisotopic (exact) mass is 340 g/mol. The zero-order valence-corrected chi connectivity index (χ0v) is 14.0. The Hall–Kier alpha value is -2.40. The van der Waals surface area contributed by atoms with Crippen molar-refractivity contribution in [2.45, 2.75) is 18.9 Å². The van der Waals surface area contributed by atoms with E-state index < -0.39 is 0 Å². The Kier molecular flexibility index (Phi) is 4.40. The Morgan fingerprint density at radius 1 is 1.12 bits per heavy atom. The van der Waals surface area contributed by atoms with Crippen LogP contribution < -0.4 is 10.1 Å². The second-order valence-electron chi connectivity index (χ2n) is 6.90. The lowest BCUT2D eigenvalue weighted by Gasteiger charge is -2.30. The number of amides is 1. The number of halogens is 1. The van der Waals surface area contributed by atoms with E-state index in [1.165, 1.54) is 25.1 Å². The summed E-state index contributed by atoms with van der Waals surface area (Å²) in [5, 5.41) is 3.14. The molecule has 3 atom stereocenters. The van der Waals surface area contributed by atoms with Crippen molar-refractivity contribution in [3.63, 3.8) is 0 Å². The Balaban J connectivity index is 1.37. The largest absolute Gasteiger partial charge is 0.457 e.